The van der Waals surface area contributed by atoms with E-state index in [2.05, 4.69) is 10.2 Å². The Morgan fingerprint density at radius 2 is 1.86 bits per heavy atom. The molecule has 2 aliphatic rings. The number of urea groups is 1. The maximum absolute atomic E-state index is 13.7. The van der Waals surface area contributed by atoms with Gasteiger partial charge in [-0.3, -0.25) is 9.69 Å². The van der Waals surface area contributed by atoms with Gasteiger partial charge >= 0.3 is 6.03 Å². The molecule has 1 N–H and O–H groups in total. The summed E-state index contributed by atoms with van der Waals surface area (Å²) in [5.74, 6) is -0.624. The third-order valence-electron chi connectivity index (χ3n) is 6.55. The van der Waals surface area contributed by atoms with E-state index in [-0.39, 0.29) is 30.3 Å². The first-order valence-electron chi connectivity index (χ1n) is 12.7. The molecule has 0 spiro atoms. The van der Waals surface area contributed by atoms with Crippen LogP contribution in [0.3, 0.4) is 0 Å². The largest absolute Gasteiger partial charge is 0.379 e. The number of rotatable bonds is 7. The van der Waals surface area contributed by atoms with Crippen molar-refractivity contribution in [3.63, 3.8) is 0 Å². The van der Waals surface area contributed by atoms with Crippen molar-refractivity contribution in [2.75, 3.05) is 45.9 Å². The Balaban J connectivity index is 1.56. The lowest BCUT2D eigenvalue weighted by Gasteiger charge is -2.32. The lowest BCUT2D eigenvalue weighted by molar-refractivity contribution is -0.133. The third kappa shape index (κ3) is 6.95. The molecule has 4 rings (SSSR count). The lowest BCUT2D eigenvalue weighted by Crippen LogP contribution is -2.53. The quantitative estimate of drug-likeness (QED) is 0.619. The average molecular weight is 513 g/mol. The summed E-state index contributed by atoms with van der Waals surface area (Å²) in [6.45, 7) is 9.58. The average Bonchev–Trinajstić information content (AvgIpc) is 3.48. The van der Waals surface area contributed by atoms with Gasteiger partial charge in [-0.05, 0) is 50.6 Å². The van der Waals surface area contributed by atoms with Gasteiger partial charge in [0.2, 0.25) is 0 Å². The molecule has 0 unspecified atom stereocenters. The van der Waals surface area contributed by atoms with E-state index >= 15 is 0 Å². The fraction of sp³-hybridized carbons (Fsp3) is 0.519. The van der Waals surface area contributed by atoms with Gasteiger partial charge in [0, 0.05) is 51.4 Å². The van der Waals surface area contributed by atoms with Crippen LogP contribution in [0.5, 0.6) is 0 Å². The molecule has 2 aromatic rings. The van der Waals surface area contributed by atoms with Crippen molar-refractivity contribution in [2.24, 2.45) is 12.1 Å². The van der Waals surface area contributed by atoms with Crippen LogP contribution in [-0.2, 0) is 16.6 Å². The second kappa shape index (κ2) is 11.4. The molecule has 37 heavy (non-hydrogen) atoms. The number of carbonyl (C=O) groups is 2. The zero-order chi connectivity index (χ0) is 26.6. The Labute approximate surface area is 217 Å². The number of morpholine rings is 1. The van der Waals surface area contributed by atoms with Gasteiger partial charge in [-0.2, -0.15) is 5.10 Å². The van der Waals surface area contributed by atoms with Gasteiger partial charge in [-0.15, -0.1) is 0 Å². The molecule has 10 heteroatoms. The van der Waals surface area contributed by atoms with E-state index in [0.717, 1.165) is 30.1 Å². The molecular formula is C27H37FN6O3. The number of aromatic nitrogens is 1. The number of ether oxygens (including phenoxy) is 1. The molecule has 1 fully saturated rings. The number of hydrazone groups is 1. The van der Waals surface area contributed by atoms with Gasteiger partial charge in [0.15, 0.2) is 0 Å². The predicted molar refractivity (Wildman–Crippen MR) is 140 cm³/mol. The van der Waals surface area contributed by atoms with Crippen LogP contribution in [0.4, 0.5) is 9.18 Å². The number of hydrogen-bond donors (Lipinski definition) is 1. The van der Waals surface area contributed by atoms with E-state index in [1.54, 1.807) is 17.0 Å². The first-order valence-corrected chi connectivity index (χ1v) is 12.7. The number of amides is 3. The highest BCUT2D eigenvalue weighted by Crippen LogP contribution is 2.33. The van der Waals surface area contributed by atoms with E-state index in [1.807, 2.05) is 50.7 Å². The number of hydrogen-bond acceptors (Lipinski definition) is 5. The second-order valence-corrected chi connectivity index (χ2v) is 10.6. The molecule has 1 saturated heterocycles. The minimum atomic E-state index is -0.445. The topological polar surface area (TPSA) is 82.4 Å². The van der Waals surface area contributed by atoms with E-state index < -0.39 is 5.54 Å². The van der Waals surface area contributed by atoms with E-state index in [4.69, 9.17) is 9.84 Å². The summed E-state index contributed by atoms with van der Waals surface area (Å²) in [6.07, 6.45) is 2.43. The van der Waals surface area contributed by atoms with Crippen molar-refractivity contribution in [3.05, 3.63) is 59.7 Å². The zero-order valence-corrected chi connectivity index (χ0v) is 22.1. The van der Waals surface area contributed by atoms with Crippen LogP contribution in [0.1, 0.15) is 44.5 Å². The number of nitrogens with one attached hydrogen (secondary N) is 1. The standard InChI is InChI=1S/C27H37FN6O3/c1-27(2,3)29-26(36)33(13-12-32-14-16-37-17-15-32)19-25(35)34-24(20-7-9-21(28)10-8-20)18-22(30-34)23-6-5-11-31(23)4/h5-11,24H,12-19H2,1-4H3,(H,29,36)/t24-/m1/s1. The van der Waals surface area contributed by atoms with Gasteiger partial charge in [-0.1, -0.05) is 12.1 Å². The second-order valence-electron chi connectivity index (χ2n) is 10.6. The number of aryl methyl sites for hydroxylation is 1. The Kier molecular flexibility index (Phi) is 8.29. The first kappa shape index (κ1) is 26.8. The molecule has 1 aromatic heterocycles. The van der Waals surface area contributed by atoms with Crippen molar-refractivity contribution < 1.29 is 18.7 Å². The maximum Gasteiger partial charge on any atom is 0.318 e. The van der Waals surface area contributed by atoms with Crippen LogP contribution in [0, 0.1) is 5.82 Å². The van der Waals surface area contributed by atoms with Crippen molar-refractivity contribution in [1.29, 1.82) is 0 Å². The minimum Gasteiger partial charge on any atom is -0.379 e. The summed E-state index contributed by atoms with van der Waals surface area (Å²) in [7, 11) is 1.93. The molecule has 200 valence electrons. The predicted octanol–water partition coefficient (Wildman–Crippen LogP) is 2.98. The zero-order valence-electron chi connectivity index (χ0n) is 22.1. The van der Waals surface area contributed by atoms with Gasteiger partial charge in [0.25, 0.3) is 5.91 Å². The van der Waals surface area contributed by atoms with Crippen LogP contribution in [0.2, 0.25) is 0 Å². The SMILES string of the molecule is Cn1cccc1C1=NN(C(=O)CN(CCN2CCOCC2)C(=O)NC(C)(C)C)[C@@H](c2ccc(F)cc2)C1. The third-order valence-corrected chi connectivity index (χ3v) is 6.55. The highest BCUT2D eigenvalue weighted by Gasteiger charge is 2.35. The lowest BCUT2D eigenvalue weighted by atomic mass is 10.0. The first-order chi connectivity index (χ1) is 17.6. The van der Waals surface area contributed by atoms with Crippen molar-refractivity contribution in [3.8, 4) is 0 Å². The number of nitrogens with zero attached hydrogens (tertiary/aromatic N) is 5. The fourth-order valence-corrected chi connectivity index (χ4v) is 4.58. The molecular weight excluding hydrogens is 475 g/mol. The highest BCUT2D eigenvalue weighted by atomic mass is 19.1. The van der Waals surface area contributed by atoms with Gasteiger partial charge in [0.05, 0.1) is 30.7 Å². The molecule has 3 heterocycles. The molecule has 0 radical (unpaired) electrons. The van der Waals surface area contributed by atoms with Gasteiger partial charge in [-0.25, -0.2) is 14.2 Å². The minimum absolute atomic E-state index is 0.117. The smallest absolute Gasteiger partial charge is 0.318 e. The summed E-state index contributed by atoms with van der Waals surface area (Å²) in [5.41, 5.74) is 2.03. The molecule has 2 aliphatic heterocycles. The fourth-order valence-electron chi connectivity index (χ4n) is 4.58. The van der Waals surface area contributed by atoms with Crippen LogP contribution in [0.15, 0.2) is 47.7 Å². The Morgan fingerprint density at radius 1 is 1.16 bits per heavy atom. The summed E-state index contributed by atoms with van der Waals surface area (Å²) in [6, 6.07) is 9.37. The molecule has 0 saturated carbocycles. The Morgan fingerprint density at radius 3 is 2.49 bits per heavy atom. The number of benzene rings is 1. The van der Waals surface area contributed by atoms with Crippen LogP contribution < -0.4 is 5.32 Å². The summed E-state index contributed by atoms with van der Waals surface area (Å²) in [4.78, 5) is 30.7. The highest BCUT2D eigenvalue weighted by molar-refractivity contribution is 6.02. The van der Waals surface area contributed by atoms with E-state index in [1.165, 1.54) is 17.1 Å². The Hall–Kier alpha value is -3.24. The van der Waals surface area contributed by atoms with E-state index in [0.29, 0.717) is 32.7 Å². The molecule has 9 nitrogen and oxygen atoms in total. The number of carbonyl (C=O) groups excluding carboxylic acids is 2. The molecule has 1 aromatic carbocycles. The monoisotopic (exact) mass is 512 g/mol. The number of halogens is 1. The van der Waals surface area contributed by atoms with E-state index in [9.17, 15) is 14.0 Å². The van der Waals surface area contributed by atoms with Crippen LogP contribution >= 0.6 is 0 Å². The van der Waals surface area contributed by atoms with Crippen molar-refractivity contribution in [2.45, 2.75) is 38.8 Å². The Bertz CT molecular complexity index is 1120. The van der Waals surface area contributed by atoms with Crippen LogP contribution in [-0.4, -0.2) is 88.5 Å². The summed E-state index contributed by atoms with van der Waals surface area (Å²) >= 11 is 0. The molecule has 0 bridgehead atoms. The maximum atomic E-state index is 13.7. The van der Waals surface area contributed by atoms with Crippen molar-refractivity contribution in [1.82, 2.24) is 24.7 Å². The normalized spacial score (nSPS) is 18.6. The molecule has 3 amide bonds. The molecule has 1 atom stereocenters. The van der Waals surface area contributed by atoms with Gasteiger partial charge < -0.3 is 19.5 Å². The van der Waals surface area contributed by atoms with Gasteiger partial charge in [0.1, 0.15) is 12.4 Å². The summed E-state index contributed by atoms with van der Waals surface area (Å²) < 4.78 is 21.0. The molecule has 0 aliphatic carbocycles. The van der Waals surface area contributed by atoms with Crippen LogP contribution in [0.25, 0.3) is 0 Å². The summed E-state index contributed by atoms with van der Waals surface area (Å²) in [5, 5.41) is 9.15. The van der Waals surface area contributed by atoms with Crippen molar-refractivity contribution >= 4 is 17.6 Å².